The quantitative estimate of drug-likeness (QED) is 0.134. The highest BCUT2D eigenvalue weighted by Crippen LogP contribution is 2.40. The number of nitrogens with one attached hydrogen (secondary N) is 1. The molecular weight excluding hydrogens is 684 g/mol. The highest BCUT2D eigenvalue weighted by molar-refractivity contribution is 5.81. The van der Waals surface area contributed by atoms with Crippen molar-refractivity contribution >= 4 is 17.8 Å². The number of nitrogens with zero attached hydrogens (tertiary/aromatic N) is 1. The molecule has 5 fully saturated rings. The summed E-state index contributed by atoms with van der Waals surface area (Å²) < 4.78 is 36.5. The van der Waals surface area contributed by atoms with Gasteiger partial charge in [-0.25, -0.2) is 0 Å². The Morgan fingerprint density at radius 3 is 2.19 bits per heavy atom. The smallest absolute Gasteiger partial charge is 0.308 e. The van der Waals surface area contributed by atoms with Gasteiger partial charge in [0.15, 0.2) is 12.6 Å². The Morgan fingerprint density at radius 1 is 0.885 bits per heavy atom. The van der Waals surface area contributed by atoms with E-state index in [2.05, 4.69) is 5.32 Å². The number of hydrogen-bond donors (Lipinski definition) is 6. The lowest BCUT2D eigenvalue weighted by molar-refractivity contribution is -0.338. The summed E-state index contributed by atoms with van der Waals surface area (Å²) in [4.78, 5) is 41.1. The molecular formula is C36H60N2O14. The van der Waals surface area contributed by atoms with Crippen LogP contribution in [-0.4, -0.2) is 155 Å². The SMILES string of the molecule is CCC1CC(C(=O)OC)C[C@@H](O[C@@H]2OC(CO)[C@H](O)C(O[C@@H](CC3CCCCC3)C(=O)N3CCC3)C2NC(C)=O)C1O[C@@H]1OC(C)[C@@H](O)C(O)C1O. The number of aliphatic hydroxyl groups is 5. The van der Waals surface area contributed by atoms with Crippen LogP contribution in [0, 0.1) is 17.8 Å². The minimum Gasteiger partial charge on any atom is -0.469 e. The molecule has 5 aliphatic rings. The van der Waals surface area contributed by atoms with Crippen LogP contribution < -0.4 is 5.32 Å². The van der Waals surface area contributed by atoms with Crippen molar-refractivity contribution in [3.05, 3.63) is 0 Å². The van der Waals surface area contributed by atoms with Crippen LogP contribution in [0.15, 0.2) is 0 Å². The molecule has 298 valence electrons. The molecule has 0 aromatic rings. The summed E-state index contributed by atoms with van der Waals surface area (Å²) in [6.07, 6.45) is -7.30. The number of amides is 2. The van der Waals surface area contributed by atoms with Gasteiger partial charge in [-0.15, -0.1) is 0 Å². The molecule has 15 atom stereocenters. The number of carbonyl (C=O) groups is 3. The van der Waals surface area contributed by atoms with Crippen molar-refractivity contribution in [2.24, 2.45) is 17.8 Å². The lowest BCUT2D eigenvalue weighted by atomic mass is 9.76. The third kappa shape index (κ3) is 9.44. The molecule has 0 aromatic heterocycles. The fourth-order valence-corrected chi connectivity index (χ4v) is 8.46. The number of aliphatic hydroxyl groups excluding tert-OH is 5. The predicted molar refractivity (Wildman–Crippen MR) is 181 cm³/mol. The van der Waals surface area contributed by atoms with E-state index in [-0.39, 0.29) is 24.2 Å². The molecule has 0 radical (unpaired) electrons. The first-order valence-corrected chi connectivity index (χ1v) is 19.1. The lowest BCUT2D eigenvalue weighted by Gasteiger charge is -2.49. The van der Waals surface area contributed by atoms with Crippen LogP contribution in [0.5, 0.6) is 0 Å². The summed E-state index contributed by atoms with van der Waals surface area (Å²) in [6.45, 7) is 5.32. The van der Waals surface area contributed by atoms with Crippen LogP contribution in [0.4, 0.5) is 0 Å². The van der Waals surface area contributed by atoms with Gasteiger partial charge in [-0.1, -0.05) is 45.4 Å². The van der Waals surface area contributed by atoms with E-state index in [0.717, 1.165) is 38.5 Å². The second-order valence-electron chi connectivity index (χ2n) is 15.3. The van der Waals surface area contributed by atoms with Crippen LogP contribution in [0.2, 0.25) is 0 Å². The van der Waals surface area contributed by atoms with E-state index in [1.54, 1.807) is 4.90 Å². The maximum absolute atomic E-state index is 13.8. The van der Waals surface area contributed by atoms with Crippen molar-refractivity contribution in [1.82, 2.24) is 10.2 Å². The summed E-state index contributed by atoms with van der Waals surface area (Å²) in [5, 5.41) is 56.3. The van der Waals surface area contributed by atoms with E-state index >= 15 is 0 Å². The van der Waals surface area contributed by atoms with Gasteiger partial charge in [0.05, 0.1) is 37.9 Å². The highest BCUT2D eigenvalue weighted by Gasteiger charge is 2.53. The summed E-state index contributed by atoms with van der Waals surface area (Å²) >= 11 is 0. The zero-order chi connectivity index (χ0) is 37.7. The minimum atomic E-state index is -1.60. The molecule has 3 heterocycles. The number of rotatable bonds is 13. The van der Waals surface area contributed by atoms with Crippen LogP contribution >= 0.6 is 0 Å². The number of carbonyl (C=O) groups excluding carboxylic acids is 3. The number of ether oxygens (including phenoxy) is 6. The van der Waals surface area contributed by atoms with E-state index in [4.69, 9.17) is 28.4 Å². The molecule has 2 amide bonds. The first-order valence-electron chi connectivity index (χ1n) is 19.1. The third-order valence-corrected chi connectivity index (χ3v) is 11.7. The molecule has 3 aliphatic heterocycles. The largest absolute Gasteiger partial charge is 0.469 e. The second kappa shape index (κ2) is 18.6. The monoisotopic (exact) mass is 744 g/mol. The molecule has 0 bridgehead atoms. The zero-order valence-electron chi connectivity index (χ0n) is 30.8. The molecule has 16 nitrogen and oxygen atoms in total. The van der Waals surface area contributed by atoms with Gasteiger partial charge in [0.25, 0.3) is 5.91 Å². The zero-order valence-corrected chi connectivity index (χ0v) is 30.8. The average Bonchev–Trinajstić information content (AvgIpc) is 3.11. The van der Waals surface area contributed by atoms with Crippen molar-refractivity contribution in [2.75, 3.05) is 26.8 Å². The Balaban J connectivity index is 1.45. The van der Waals surface area contributed by atoms with Crippen molar-refractivity contribution in [1.29, 1.82) is 0 Å². The van der Waals surface area contributed by atoms with Gasteiger partial charge in [0, 0.05) is 20.0 Å². The molecule has 2 saturated carbocycles. The first kappa shape index (κ1) is 41.2. The van der Waals surface area contributed by atoms with E-state index < -0.39 is 104 Å². The Labute approximate surface area is 305 Å². The van der Waals surface area contributed by atoms with E-state index in [0.29, 0.717) is 32.4 Å². The Hall–Kier alpha value is -1.99. The number of esters is 1. The Kier molecular flexibility index (Phi) is 14.7. The van der Waals surface area contributed by atoms with Gasteiger partial charge in [0.2, 0.25) is 5.91 Å². The van der Waals surface area contributed by atoms with Crippen molar-refractivity contribution in [3.63, 3.8) is 0 Å². The summed E-state index contributed by atoms with van der Waals surface area (Å²) in [6, 6.07) is -1.17. The minimum absolute atomic E-state index is 0.0691. The average molecular weight is 745 g/mol. The molecule has 0 aromatic carbocycles. The summed E-state index contributed by atoms with van der Waals surface area (Å²) in [5.41, 5.74) is 0. The normalized spacial score (nSPS) is 40.8. The van der Waals surface area contributed by atoms with Crippen LogP contribution in [0.1, 0.15) is 85.0 Å². The Morgan fingerprint density at radius 2 is 1.60 bits per heavy atom. The maximum Gasteiger partial charge on any atom is 0.308 e. The van der Waals surface area contributed by atoms with Gasteiger partial charge in [0.1, 0.15) is 48.8 Å². The Bertz CT molecular complexity index is 1190. The molecule has 6 N–H and O–H groups in total. The number of methoxy groups -OCH3 is 1. The van der Waals surface area contributed by atoms with Crippen LogP contribution in [-0.2, 0) is 42.8 Å². The van der Waals surface area contributed by atoms with Crippen molar-refractivity contribution < 1.29 is 68.3 Å². The summed E-state index contributed by atoms with van der Waals surface area (Å²) in [7, 11) is 1.29. The molecule has 16 heteroatoms. The fraction of sp³-hybridized carbons (Fsp3) is 0.917. The number of likely N-dealkylation sites (tertiary alicyclic amines) is 1. The highest BCUT2D eigenvalue weighted by atomic mass is 16.7. The third-order valence-electron chi connectivity index (χ3n) is 11.7. The van der Waals surface area contributed by atoms with Gasteiger partial charge in [-0.2, -0.15) is 0 Å². The molecule has 5 rings (SSSR count). The van der Waals surface area contributed by atoms with Crippen LogP contribution in [0.3, 0.4) is 0 Å². The van der Waals surface area contributed by atoms with Crippen molar-refractivity contribution in [2.45, 2.75) is 165 Å². The second-order valence-corrected chi connectivity index (χ2v) is 15.3. The van der Waals surface area contributed by atoms with E-state index in [1.165, 1.54) is 21.0 Å². The molecule has 2 aliphatic carbocycles. The van der Waals surface area contributed by atoms with Crippen LogP contribution in [0.25, 0.3) is 0 Å². The molecule has 3 saturated heterocycles. The molecule has 9 unspecified atom stereocenters. The predicted octanol–water partition coefficient (Wildman–Crippen LogP) is -0.267. The standard InChI is InChI=1S/C36H60N2O14/c1-5-21-15-22(34(46)47-4)16-23(31(21)52-36-30(44)29(43)27(41)18(2)48-36)50-35-26(37-19(3)40)32(28(42)25(17-39)51-35)49-24(33(45)38-12-9-13-38)14-20-10-7-6-8-11-20/h18,20-32,35-36,39,41-44H,5-17H2,1-4H3,(H,37,40)/t18?,21?,22?,23-,24+,25?,26?,27-,28+,29?,30?,31?,32?,35-,36+/m1/s1. The summed E-state index contributed by atoms with van der Waals surface area (Å²) in [5.74, 6) is -1.85. The first-order chi connectivity index (χ1) is 24.9. The van der Waals surface area contributed by atoms with Gasteiger partial charge in [-0.3, -0.25) is 14.4 Å². The van der Waals surface area contributed by atoms with E-state index in [9.17, 15) is 39.9 Å². The molecule has 0 spiro atoms. The molecule has 52 heavy (non-hydrogen) atoms. The van der Waals surface area contributed by atoms with Gasteiger partial charge >= 0.3 is 5.97 Å². The lowest BCUT2D eigenvalue weighted by Crippen LogP contribution is -2.67. The van der Waals surface area contributed by atoms with Gasteiger partial charge in [-0.05, 0) is 44.4 Å². The maximum atomic E-state index is 13.8. The topological polar surface area (TPSA) is 223 Å². The fourth-order valence-electron chi connectivity index (χ4n) is 8.46. The van der Waals surface area contributed by atoms with Crippen molar-refractivity contribution in [3.8, 4) is 0 Å². The van der Waals surface area contributed by atoms with Gasteiger partial charge < -0.3 is 64.2 Å². The van der Waals surface area contributed by atoms with E-state index in [1.807, 2.05) is 6.92 Å². The number of hydrogen-bond acceptors (Lipinski definition) is 14.